The number of ether oxygens (including phenoxy) is 1. The van der Waals surface area contributed by atoms with E-state index in [4.69, 9.17) is 9.84 Å². The molecule has 70 valence electrons. The summed E-state index contributed by atoms with van der Waals surface area (Å²) in [6, 6.07) is 0. The Morgan fingerprint density at radius 3 is 2.25 bits per heavy atom. The maximum absolute atomic E-state index is 9.60. The quantitative estimate of drug-likeness (QED) is 0.522. The molecule has 0 bridgehead atoms. The molecule has 1 atom stereocenters. The van der Waals surface area contributed by atoms with Crippen molar-refractivity contribution in [1.29, 1.82) is 0 Å². The SMILES string of the molecule is C=C(C)C(=O)O.CCCC1CO1. The fourth-order valence-electron chi connectivity index (χ4n) is 0.557. The summed E-state index contributed by atoms with van der Waals surface area (Å²) in [5.74, 6) is -0.935. The highest BCUT2D eigenvalue weighted by Crippen LogP contribution is 2.14. The van der Waals surface area contributed by atoms with Crippen LogP contribution < -0.4 is 0 Å². The first kappa shape index (κ1) is 11.2. The minimum Gasteiger partial charge on any atom is -0.478 e. The van der Waals surface area contributed by atoms with Crippen LogP contribution >= 0.6 is 0 Å². The van der Waals surface area contributed by atoms with Crippen molar-refractivity contribution in [2.24, 2.45) is 0 Å². The van der Waals surface area contributed by atoms with Gasteiger partial charge in [-0.1, -0.05) is 19.9 Å². The number of carbonyl (C=O) groups is 1. The molecule has 1 aliphatic rings. The van der Waals surface area contributed by atoms with Crippen molar-refractivity contribution in [1.82, 2.24) is 0 Å². The molecule has 0 aromatic carbocycles. The summed E-state index contributed by atoms with van der Waals surface area (Å²) in [4.78, 5) is 9.60. The van der Waals surface area contributed by atoms with Crippen LogP contribution in [0.3, 0.4) is 0 Å². The van der Waals surface area contributed by atoms with Crippen molar-refractivity contribution in [3.05, 3.63) is 12.2 Å². The van der Waals surface area contributed by atoms with Gasteiger partial charge in [0.25, 0.3) is 0 Å². The number of epoxide rings is 1. The molecule has 1 N–H and O–H groups in total. The second-order valence-corrected chi connectivity index (χ2v) is 2.83. The van der Waals surface area contributed by atoms with Crippen LogP contribution in [0.1, 0.15) is 26.7 Å². The van der Waals surface area contributed by atoms with E-state index in [2.05, 4.69) is 13.5 Å². The van der Waals surface area contributed by atoms with Crippen molar-refractivity contribution in [3.8, 4) is 0 Å². The van der Waals surface area contributed by atoms with E-state index in [1.165, 1.54) is 19.8 Å². The first-order valence-electron chi connectivity index (χ1n) is 4.08. The van der Waals surface area contributed by atoms with E-state index in [1.54, 1.807) is 0 Å². The standard InChI is InChI=1S/C5H10O.C4H6O2/c1-2-3-5-4-6-5;1-3(2)4(5)6/h5H,2-4H2,1H3;1H2,2H3,(H,5,6). The fourth-order valence-corrected chi connectivity index (χ4v) is 0.557. The number of carboxylic acids is 1. The lowest BCUT2D eigenvalue weighted by atomic mass is 10.3. The summed E-state index contributed by atoms with van der Waals surface area (Å²) in [6.45, 7) is 7.81. The van der Waals surface area contributed by atoms with Crippen LogP contribution in [0.15, 0.2) is 12.2 Å². The van der Waals surface area contributed by atoms with E-state index in [-0.39, 0.29) is 5.57 Å². The molecule has 0 amide bonds. The normalized spacial score (nSPS) is 19.0. The number of hydrogen-bond donors (Lipinski definition) is 1. The minimum absolute atomic E-state index is 0.176. The van der Waals surface area contributed by atoms with Crippen LogP contribution in [0.5, 0.6) is 0 Å². The molecule has 0 radical (unpaired) electrons. The Kier molecular flexibility index (Phi) is 5.37. The van der Waals surface area contributed by atoms with Crippen molar-refractivity contribution in [3.63, 3.8) is 0 Å². The van der Waals surface area contributed by atoms with Crippen molar-refractivity contribution >= 4 is 5.97 Å². The van der Waals surface area contributed by atoms with Gasteiger partial charge in [0.05, 0.1) is 12.7 Å². The van der Waals surface area contributed by atoms with Crippen LogP contribution in [0, 0.1) is 0 Å². The molecule has 1 heterocycles. The molecule has 1 aliphatic heterocycles. The maximum Gasteiger partial charge on any atom is 0.330 e. The lowest BCUT2D eigenvalue weighted by Gasteiger charge is -1.79. The first-order chi connectivity index (χ1) is 5.57. The van der Waals surface area contributed by atoms with Gasteiger partial charge in [0.2, 0.25) is 0 Å². The van der Waals surface area contributed by atoms with E-state index < -0.39 is 5.97 Å². The number of hydrogen-bond acceptors (Lipinski definition) is 2. The van der Waals surface area contributed by atoms with Gasteiger partial charge in [-0.05, 0) is 13.3 Å². The Labute approximate surface area is 73.0 Å². The molecule has 1 saturated heterocycles. The predicted molar refractivity (Wildman–Crippen MR) is 47.1 cm³/mol. The van der Waals surface area contributed by atoms with Gasteiger partial charge in [0.1, 0.15) is 0 Å². The van der Waals surface area contributed by atoms with E-state index in [9.17, 15) is 4.79 Å². The lowest BCUT2D eigenvalue weighted by Crippen LogP contribution is -1.92. The third kappa shape index (κ3) is 7.28. The molecule has 0 aromatic rings. The molecule has 0 spiro atoms. The highest BCUT2D eigenvalue weighted by atomic mass is 16.6. The number of rotatable bonds is 3. The van der Waals surface area contributed by atoms with E-state index >= 15 is 0 Å². The second-order valence-electron chi connectivity index (χ2n) is 2.83. The third-order valence-electron chi connectivity index (χ3n) is 1.38. The Morgan fingerprint density at radius 2 is 2.17 bits per heavy atom. The van der Waals surface area contributed by atoms with Crippen LogP contribution in [0.4, 0.5) is 0 Å². The summed E-state index contributed by atoms with van der Waals surface area (Å²) >= 11 is 0. The van der Waals surface area contributed by atoms with Gasteiger partial charge in [0.15, 0.2) is 0 Å². The van der Waals surface area contributed by atoms with E-state index in [1.807, 2.05) is 0 Å². The monoisotopic (exact) mass is 172 g/mol. The lowest BCUT2D eigenvalue weighted by molar-refractivity contribution is -0.132. The van der Waals surface area contributed by atoms with Crippen molar-refractivity contribution < 1.29 is 14.6 Å². The highest BCUT2D eigenvalue weighted by molar-refractivity contribution is 5.84. The molecule has 1 unspecified atom stereocenters. The zero-order valence-electron chi connectivity index (χ0n) is 7.67. The second kappa shape index (κ2) is 5.77. The Hall–Kier alpha value is -0.830. The summed E-state index contributed by atoms with van der Waals surface area (Å²) < 4.78 is 4.95. The van der Waals surface area contributed by atoms with Gasteiger partial charge >= 0.3 is 5.97 Å². The van der Waals surface area contributed by atoms with Crippen molar-refractivity contribution in [2.75, 3.05) is 6.61 Å². The predicted octanol–water partition coefficient (Wildman–Crippen LogP) is 1.83. The largest absolute Gasteiger partial charge is 0.478 e. The fraction of sp³-hybridized carbons (Fsp3) is 0.667. The summed E-state index contributed by atoms with van der Waals surface area (Å²) in [5.41, 5.74) is 0.176. The first-order valence-corrected chi connectivity index (χ1v) is 4.08. The van der Waals surface area contributed by atoms with Gasteiger partial charge in [0, 0.05) is 5.57 Å². The van der Waals surface area contributed by atoms with Crippen LogP contribution in [-0.2, 0) is 9.53 Å². The van der Waals surface area contributed by atoms with Gasteiger partial charge in [-0.15, -0.1) is 0 Å². The zero-order valence-corrected chi connectivity index (χ0v) is 7.67. The Morgan fingerprint density at radius 1 is 1.75 bits per heavy atom. The maximum atomic E-state index is 9.60. The minimum atomic E-state index is -0.935. The number of carboxylic acid groups (broad SMARTS) is 1. The van der Waals surface area contributed by atoms with E-state index in [0.717, 1.165) is 6.61 Å². The molecular formula is C9H16O3. The molecule has 1 fully saturated rings. The van der Waals surface area contributed by atoms with Crippen LogP contribution in [0.2, 0.25) is 0 Å². The van der Waals surface area contributed by atoms with Gasteiger partial charge < -0.3 is 9.84 Å². The average molecular weight is 172 g/mol. The third-order valence-corrected chi connectivity index (χ3v) is 1.38. The summed E-state index contributed by atoms with van der Waals surface area (Å²) in [7, 11) is 0. The Balaban J connectivity index is 0.000000202. The van der Waals surface area contributed by atoms with E-state index in [0.29, 0.717) is 6.10 Å². The molecule has 0 aliphatic carbocycles. The van der Waals surface area contributed by atoms with Crippen molar-refractivity contribution in [2.45, 2.75) is 32.8 Å². The number of aliphatic carboxylic acids is 1. The average Bonchev–Trinajstić information content (AvgIpc) is 2.73. The molecule has 12 heavy (non-hydrogen) atoms. The zero-order chi connectivity index (χ0) is 9.56. The molecule has 3 nitrogen and oxygen atoms in total. The smallest absolute Gasteiger partial charge is 0.330 e. The topological polar surface area (TPSA) is 49.8 Å². The molecule has 0 saturated carbocycles. The summed E-state index contributed by atoms with van der Waals surface area (Å²) in [6.07, 6.45) is 3.18. The molecule has 1 rings (SSSR count). The highest BCUT2D eigenvalue weighted by Gasteiger charge is 2.19. The molecule has 0 aromatic heterocycles. The van der Waals surface area contributed by atoms with Gasteiger partial charge in [-0.25, -0.2) is 4.79 Å². The molecular weight excluding hydrogens is 156 g/mol. The summed E-state index contributed by atoms with van der Waals surface area (Å²) in [5, 5.41) is 7.89. The molecule has 3 heteroatoms. The van der Waals surface area contributed by atoms with Crippen LogP contribution in [0.25, 0.3) is 0 Å². The van der Waals surface area contributed by atoms with Crippen LogP contribution in [-0.4, -0.2) is 23.8 Å². The van der Waals surface area contributed by atoms with Gasteiger partial charge in [-0.2, -0.15) is 0 Å². The Bertz CT molecular complexity index is 147. The van der Waals surface area contributed by atoms with Gasteiger partial charge in [-0.3, -0.25) is 0 Å².